The Balaban J connectivity index is 1.73. The highest BCUT2D eigenvalue weighted by molar-refractivity contribution is 7.89. The number of nitrogens with two attached hydrogens (primary N) is 1. The van der Waals surface area contributed by atoms with E-state index in [1.54, 1.807) is 18.3 Å². The van der Waals surface area contributed by atoms with Crippen LogP contribution in [-0.4, -0.2) is 32.4 Å². The van der Waals surface area contributed by atoms with Gasteiger partial charge in [0.2, 0.25) is 15.9 Å². The Labute approximate surface area is 132 Å². The van der Waals surface area contributed by atoms with E-state index < -0.39 is 10.0 Å². The van der Waals surface area contributed by atoms with Crippen LogP contribution < -0.4 is 15.8 Å². The van der Waals surface area contributed by atoms with E-state index in [9.17, 15) is 13.2 Å². The molecular formula is C13H16N4O3S2. The summed E-state index contributed by atoms with van der Waals surface area (Å²) in [4.78, 5) is 15.7. The van der Waals surface area contributed by atoms with Crippen LogP contribution in [0.2, 0.25) is 0 Å². The number of primary sulfonamides is 1. The van der Waals surface area contributed by atoms with E-state index in [2.05, 4.69) is 15.6 Å². The molecule has 1 aromatic carbocycles. The molecule has 0 spiro atoms. The summed E-state index contributed by atoms with van der Waals surface area (Å²) in [7, 11) is -3.67. The molecule has 0 saturated carbocycles. The lowest BCUT2D eigenvalue weighted by Gasteiger charge is -2.06. The molecule has 0 bridgehead atoms. The summed E-state index contributed by atoms with van der Waals surface area (Å²) in [5, 5.41) is 13.2. The van der Waals surface area contributed by atoms with Crippen molar-refractivity contribution in [1.82, 2.24) is 10.3 Å². The van der Waals surface area contributed by atoms with Gasteiger partial charge in [-0.1, -0.05) is 12.1 Å². The first-order valence-electron chi connectivity index (χ1n) is 6.47. The molecule has 7 nitrogen and oxygen atoms in total. The average Bonchev–Trinajstić information content (AvgIpc) is 2.98. The van der Waals surface area contributed by atoms with Crippen molar-refractivity contribution >= 4 is 32.4 Å². The first-order chi connectivity index (χ1) is 10.4. The van der Waals surface area contributed by atoms with Gasteiger partial charge in [0, 0.05) is 18.1 Å². The molecule has 118 valence electrons. The Hall–Kier alpha value is -1.97. The van der Waals surface area contributed by atoms with Gasteiger partial charge in [0.25, 0.3) is 0 Å². The third-order valence-corrected chi connectivity index (χ3v) is 4.48. The molecule has 2 aromatic rings. The van der Waals surface area contributed by atoms with Crippen molar-refractivity contribution in [2.45, 2.75) is 11.3 Å². The molecule has 1 amide bonds. The van der Waals surface area contributed by atoms with E-state index in [1.807, 2.05) is 5.38 Å². The van der Waals surface area contributed by atoms with Gasteiger partial charge in [-0.05, 0) is 24.1 Å². The second-order valence-electron chi connectivity index (χ2n) is 4.48. The minimum atomic E-state index is -3.67. The van der Waals surface area contributed by atoms with Crippen molar-refractivity contribution in [3.63, 3.8) is 0 Å². The van der Waals surface area contributed by atoms with Gasteiger partial charge in [-0.2, -0.15) is 0 Å². The predicted octanol–water partition coefficient (Wildman–Crippen LogP) is 0.561. The molecule has 2 rings (SSSR count). The van der Waals surface area contributed by atoms with Crippen molar-refractivity contribution in [1.29, 1.82) is 0 Å². The molecule has 0 atom stereocenters. The molecule has 0 unspecified atom stereocenters. The quantitative estimate of drug-likeness (QED) is 0.681. The predicted molar refractivity (Wildman–Crippen MR) is 85.1 cm³/mol. The van der Waals surface area contributed by atoms with Gasteiger partial charge in [0.15, 0.2) is 5.13 Å². The minimum Gasteiger partial charge on any atom is -0.354 e. The Morgan fingerprint density at radius 1 is 1.27 bits per heavy atom. The molecule has 4 N–H and O–H groups in total. The molecule has 0 aliphatic rings. The van der Waals surface area contributed by atoms with Crippen LogP contribution in [0.4, 0.5) is 5.13 Å². The number of sulfonamides is 1. The van der Waals surface area contributed by atoms with Gasteiger partial charge in [-0.3, -0.25) is 4.79 Å². The fourth-order valence-corrected chi connectivity index (χ4v) is 2.76. The molecule has 9 heteroatoms. The lowest BCUT2D eigenvalue weighted by Crippen LogP contribution is -2.31. The number of nitrogens with one attached hydrogen (secondary N) is 2. The summed E-state index contributed by atoms with van der Waals surface area (Å²) in [6, 6.07) is 6.27. The van der Waals surface area contributed by atoms with Crippen LogP contribution in [0.1, 0.15) is 5.56 Å². The van der Waals surface area contributed by atoms with E-state index in [-0.39, 0.29) is 17.3 Å². The average molecular weight is 340 g/mol. The van der Waals surface area contributed by atoms with Crippen LogP contribution in [-0.2, 0) is 21.2 Å². The number of hydrogen-bond donors (Lipinski definition) is 3. The molecule has 22 heavy (non-hydrogen) atoms. The third kappa shape index (κ3) is 5.10. The summed E-state index contributed by atoms with van der Waals surface area (Å²) < 4.78 is 22.3. The van der Waals surface area contributed by atoms with E-state index in [0.29, 0.717) is 18.1 Å². The largest absolute Gasteiger partial charge is 0.354 e. The van der Waals surface area contributed by atoms with Crippen molar-refractivity contribution in [3.05, 3.63) is 41.4 Å². The number of hydrogen-bond acceptors (Lipinski definition) is 6. The van der Waals surface area contributed by atoms with Gasteiger partial charge in [0.05, 0.1) is 11.4 Å². The molecule has 0 aliphatic heterocycles. The highest BCUT2D eigenvalue weighted by Gasteiger charge is 2.07. The van der Waals surface area contributed by atoms with Crippen LogP contribution in [0.3, 0.4) is 0 Å². The Morgan fingerprint density at radius 3 is 2.59 bits per heavy atom. The fraction of sp³-hybridized carbons (Fsp3) is 0.231. The summed E-state index contributed by atoms with van der Waals surface area (Å²) in [6.45, 7) is 0.630. The first-order valence-corrected chi connectivity index (χ1v) is 8.89. The zero-order chi connectivity index (χ0) is 16.0. The second kappa shape index (κ2) is 7.34. The molecule has 0 aliphatic carbocycles. The van der Waals surface area contributed by atoms with Crippen LogP contribution in [0.15, 0.2) is 40.7 Å². The topological polar surface area (TPSA) is 114 Å². The SMILES string of the molecule is NS(=O)(=O)c1ccc(CCNC(=O)CNc2nccs2)cc1. The molecule has 0 radical (unpaired) electrons. The Kier molecular flexibility index (Phi) is 5.47. The van der Waals surface area contributed by atoms with Crippen LogP contribution in [0, 0.1) is 0 Å². The number of carbonyl (C=O) groups excluding carboxylic acids is 1. The Bertz CT molecular complexity index is 712. The van der Waals surface area contributed by atoms with Crippen molar-refractivity contribution in [3.8, 4) is 0 Å². The maximum Gasteiger partial charge on any atom is 0.239 e. The standard InChI is InChI=1S/C13H16N4O3S2/c14-22(19,20)11-3-1-10(2-4-11)5-6-15-12(18)9-17-13-16-7-8-21-13/h1-4,7-8H,5-6,9H2,(H,15,18)(H,16,17)(H2,14,19,20). The van der Waals surface area contributed by atoms with E-state index in [1.165, 1.54) is 23.5 Å². The molecule has 0 fully saturated rings. The van der Waals surface area contributed by atoms with Gasteiger partial charge in [-0.15, -0.1) is 11.3 Å². The van der Waals surface area contributed by atoms with Gasteiger partial charge in [-0.25, -0.2) is 18.5 Å². The zero-order valence-corrected chi connectivity index (χ0v) is 13.3. The smallest absolute Gasteiger partial charge is 0.239 e. The number of nitrogens with zero attached hydrogens (tertiary/aromatic N) is 1. The van der Waals surface area contributed by atoms with Gasteiger partial charge >= 0.3 is 0 Å². The first kappa shape index (κ1) is 16.4. The van der Waals surface area contributed by atoms with Crippen LogP contribution in [0.5, 0.6) is 0 Å². The number of aromatic nitrogens is 1. The minimum absolute atomic E-state index is 0.0768. The zero-order valence-electron chi connectivity index (χ0n) is 11.7. The Morgan fingerprint density at radius 2 is 2.00 bits per heavy atom. The lowest BCUT2D eigenvalue weighted by molar-refractivity contribution is -0.119. The number of rotatable bonds is 7. The maximum absolute atomic E-state index is 11.6. The van der Waals surface area contributed by atoms with Crippen LogP contribution in [0.25, 0.3) is 0 Å². The van der Waals surface area contributed by atoms with E-state index >= 15 is 0 Å². The van der Waals surface area contributed by atoms with Crippen LogP contribution >= 0.6 is 11.3 Å². The molecular weight excluding hydrogens is 324 g/mol. The summed E-state index contributed by atoms with van der Waals surface area (Å²) in [5.74, 6) is -0.128. The highest BCUT2D eigenvalue weighted by Crippen LogP contribution is 2.10. The number of thiazole rings is 1. The van der Waals surface area contributed by atoms with Gasteiger partial charge < -0.3 is 10.6 Å². The van der Waals surface area contributed by atoms with Crippen molar-refractivity contribution in [2.24, 2.45) is 5.14 Å². The highest BCUT2D eigenvalue weighted by atomic mass is 32.2. The normalized spacial score (nSPS) is 11.1. The maximum atomic E-state index is 11.6. The number of anilines is 1. The van der Waals surface area contributed by atoms with Gasteiger partial charge in [0.1, 0.15) is 0 Å². The molecule has 0 saturated heterocycles. The number of amides is 1. The van der Waals surface area contributed by atoms with Crippen molar-refractivity contribution < 1.29 is 13.2 Å². The van der Waals surface area contributed by atoms with E-state index in [0.717, 1.165) is 5.56 Å². The number of carbonyl (C=O) groups is 1. The lowest BCUT2D eigenvalue weighted by atomic mass is 10.1. The fourth-order valence-electron chi connectivity index (χ4n) is 1.72. The molecule has 1 aromatic heterocycles. The van der Waals surface area contributed by atoms with E-state index in [4.69, 9.17) is 5.14 Å². The number of benzene rings is 1. The summed E-state index contributed by atoms with van der Waals surface area (Å²) >= 11 is 1.43. The van der Waals surface area contributed by atoms with Crippen molar-refractivity contribution in [2.75, 3.05) is 18.4 Å². The summed E-state index contributed by atoms with van der Waals surface area (Å²) in [5.41, 5.74) is 0.917. The molecule has 1 heterocycles. The monoisotopic (exact) mass is 340 g/mol. The summed E-state index contributed by atoms with van der Waals surface area (Å²) in [6.07, 6.45) is 2.27. The second-order valence-corrected chi connectivity index (χ2v) is 6.94. The third-order valence-electron chi connectivity index (χ3n) is 2.82.